The van der Waals surface area contributed by atoms with Crippen LogP contribution in [0.15, 0.2) is 17.1 Å². The molecule has 0 aliphatic carbocycles. The summed E-state index contributed by atoms with van der Waals surface area (Å²) < 4.78 is 0. The van der Waals surface area contributed by atoms with Crippen molar-refractivity contribution in [3.8, 4) is 0 Å². The second kappa shape index (κ2) is 1.25. The number of hydrogen-bond acceptors (Lipinski definition) is 1. The Bertz CT molecular complexity index is 97.8. The molecule has 0 aromatic carbocycles. The fraction of sp³-hybridized carbons (Fsp3) is 0.400. The fourth-order valence-corrected chi connectivity index (χ4v) is 0.473. The lowest BCUT2D eigenvalue weighted by molar-refractivity contribution is 1.28. The van der Waals surface area contributed by atoms with Gasteiger partial charge in [-0.1, -0.05) is 6.08 Å². The molecule has 1 aliphatic heterocycles. The molecule has 0 bridgehead atoms. The van der Waals surface area contributed by atoms with E-state index in [-0.39, 0.29) is 0 Å². The number of allylic oxidation sites excluding steroid dienone is 1. The molecule has 1 rings (SSSR count). The van der Waals surface area contributed by atoms with Gasteiger partial charge in [0.15, 0.2) is 0 Å². The van der Waals surface area contributed by atoms with E-state index >= 15 is 0 Å². The van der Waals surface area contributed by atoms with Crippen LogP contribution in [-0.2, 0) is 0 Å². The highest BCUT2D eigenvalue weighted by Crippen LogP contribution is 1.89. The molecule has 0 spiro atoms. The molecule has 1 heteroatoms. The van der Waals surface area contributed by atoms with Crippen LogP contribution in [-0.4, -0.2) is 12.3 Å². The van der Waals surface area contributed by atoms with Crippen molar-refractivity contribution in [3.05, 3.63) is 12.2 Å². The number of rotatable bonds is 0. The molecule has 0 aromatic rings. The predicted octanol–water partition coefficient (Wildman–Crippen LogP) is 1.02. The Balaban J connectivity index is 2.68. The molecule has 0 aromatic heterocycles. The van der Waals surface area contributed by atoms with Crippen molar-refractivity contribution in [1.29, 1.82) is 0 Å². The zero-order chi connectivity index (χ0) is 4.41. The van der Waals surface area contributed by atoms with Crippen LogP contribution in [0.3, 0.4) is 0 Å². The van der Waals surface area contributed by atoms with Crippen molar-refractivity contribution in [2.75, 3.05) is 6.54 Å². The van der Waals surface area contributed by atoms with Gasteiger partial charge >= 0.3 is 0 Å². The van der Waals surface area contributed by atoms with Gasteiger partial charge in [-0.15, -0.1) is 0 Å². The van der Waals surface area contributed by atoms with Gasteiger partial charge in [0.05, 0.1) is 6.54 Å². The molecule has 0 N–H and O–H groups in total. The molecule has 1 nitrogen and oxygen atoms in total. The molecule has 1 heterocycles. The van der Waals surface area contributed by atoms with Gasteiger partial charge in [-0.2, -0.15) is 0 Å². The lowest BCUT2D eigenvalue weighted by atomic mass is 10.4. The third kappa shape index (κ3) is 0.482. The van der Waals surface area contributed by atoms with Crippen molar-refractivity contribution >= 4 is 5.71 Å². The van der Waals surface area contributed by atoms with E-state index in [4.69, 9.17) is 0 Å². The Hall–Kier alpha value is -0.590. The molecular formula is C5H7N. The number of aliphatic imine (C=N–C) groups is 1. The summed E-state index contributed by atoms with van der Waals surface area (Å²) in [4.78, 5) is 4.04. The normalized spacial score (nSPS) is 18.5. The maximum Gasteiger partial charge on any atom is 0.0577 e. The Kier molecular flexibility index (Phi) is 0.748. The van der Waals surface area contributed by atoms with Gasteiger partial charge in [-0.05, 0) is 13.0 Å². The third-order valence-electron chi connectivity index (χ3n) is 0.805. The minimum absolute atomic E-state index is 0.895. The largest absolute Gasteiger partial charge is 0.286 e. The van der Waals surface area contributed by atoms with E-state index in [0.29, 0.717) is 0 Å². The average Bonchev–Trinajstić information content (AvgIpc) is 1.86. The van der Waals surface area contributed by atoms with Gasteiger partial charge in [0.2, 0.25) is 0 Å². The zero-order valence-corrected chi connectivity index (χ0v) is 3.81. The summed E-state index contributed by atoms with van der Waals surface area (Å²) in [7, 11) is 0. The summed E-state index contributed by atoms with van der Waals surface area (Å²) in [6.07, 6.45) is 4.08. The van der Waals surface area contributed by atoms with Crippen LogP contribution in [0.2, 0.25) is 0 Å². The van der Waals surface area contributed by atoms with E-state index in [2.05, 4.69) is 11.1 Å². The van der Waals surface area contributed by atoms with E-state index in [9.17, 15) is 0 Å². The first-order chi connectivity index (χ1) is 2.89. The second-order valence-electron chi connectivity index (χ2n) is 1.38. The van der Waals surface area contributed by atoms with E-state index in [0.717, 1.165) is 12.3 Å². The quantitative estimate of drug-likeness (QED) is 0.413. The number of nitrogens with zero attached hydrogens (tertiary/aromatic N) is 1. The molecule has 0 atom stereocenters. The van der Waals surface area contributed by atoms with Gasteiger partial charge in [-0.25, -0.2) is 0 Å². The zero-order valence-electron chi connectivity index (χ0n) is 3.81. The molecule has 0 amide bonds. The summed E-state index contributed by atoms with van der Waals surface area (Å²) >= 11 is 0. The van der Waals surface area contributed by atoms with Crippen LogP contribution >= 0.6 is 0 Å². The Morgan fingerprint density at radius 1 is 1.83 bits per heavy atom. The highest BCUT2D eigenvalue weighted by molar-refractivity contribution is 5.94. The van der Waals surface area contributed by atoms with E-state index in [1.54, 1.807) is 0 Å². The van der Waals surface area contributed by atoms with Crippen molar-refractivity contribution in [3.63, 3.8) is 0 Å². The van der Waals surface area contributed by atoms with Crippen LogP contribution in [0.25, 0.3) is 0 Å². The first-order valence-corrected chi connectivity index (χ1v) is 2.07. The summed E-state index contributed by atoms with van der Waals surface area (Å²) in [6, 6.07) is 0. The van der Waals surface area contributed by atoms with Crippen LogP contribution in [0.4, 0.5) is 0 Å². The topological polar surface area (TPSA) is 12.4 Å². The Morgan fingerprint density at radius 3 is 2.83 bits per heavy atom. The fourth-order valence-electron chi connectivity index (χ4n) is 0.473. The van der Waals surface area contributed by atoms with Crippen molar-refractivity contribution < 1.29 is 0 Å². The van der Waals surface area contributed by atoms with E-state index in [1.165, 1.54) is 0 Å². The van der Waals surface area contributed by atoms with Gasteiger partial charge in [0.1, 0.15) is 0 Å². The smallest absolute Gasteiger partial charge is 0.0577 e. The molecule has 0 saturated carbocycles. The lowest BCUT2D eigenvalue weighted by Crippen LogP contribution is -1.73. The molecular weight excluding hydrogens is 74.1 g/mol. The van der Waals surface area contributed by atoms with Crippen molar-refractivity contribution in [2.24, 2.45) is 4.99 Å². The second-order valence-corrected chi connectivity index (χ2v) is 1.38. The molecule has 0 unspecified atom stereocenters. The van der Waals surface area contributed by atoms with Gasteiger partial charge < -0.3 is 0 Å². The van der Waals surface area contributed by atoms with Gasteiger partial charge in [0, 0.05) is 5.71 Å². The summed E-state index contributed by atoms with van der Waals surface area (Å²) in [5.74, 6) is 0. The Morgan fingerprint density at radius 2 is 2.67 bits per heavy atom. The first-order valence-electron chi connectivity index (χ1n) is 2.07. The average molecular weight is 81.1 g/mol. The van der Waals surface area contributed by atoms with Crippen LogP contribution in [0, 0.1) is 0 Å². The predicted molar refractivity (Wildman–Crippen MR) is 27.1 cm³/mol. The SMILES string of the molecule is CC1=NCC=C1. The maximum absolute atomic E-state index is 4.04. The molecule has 0 fully saturated rings. The highest BCUT2D eigenvalue weighted by atomic mass is 14.7. The van der Waals surface area contributed by atoms with Gasteiger partial charge in [-0.3, -0.25) is 4.99 Å². The minimum atomic E-state index is 0.895. The van der Waals surface area contributed by atoms with Crippen LogP contribution in [0.1, 0.15) is 6.92 Å². The van der Waals surface area contributed by atoms with Crippen LogP contribution in [0.5, 0.6) is 0 Å². The lowest BCUT2D eigenvalue weighted by Gasteiger charge is -1.72. The maximum atomic E-state index is 4.04. The minimum Gasteiger partial charge on any atom is -0.286 e. The summed E-state index contributed by atoms with van der Waals surface area (Å²) in [6.45, 7) is 2.90. The molecule has 0 saturated heterocycles. The molecule has 0 radical (unpaired) electrons. The van der Waals surface area contributed by atoms with E-state index in [1.807, 2.05) is 13.0 Å². The monoisotopic (exact) mass is 81.1 g/mol. The number of hydrogen-bond donors (Lipinski definition) is 0. The van der Waals surface area contributed by atoms with Crippen molar-refractivity contribution in [1.82, 2.24) is 0 Å². The summed E-state index contributed by atoms with van der Waals surface area (Å²) in [5.41, 5.74) is 1.15. The summed E-state index contributed by atoms with van der Waals surface area (Å²) in [5, 5.41) is 0. The molecule has 1 aliphatic rings. The third-order valence-corrected chi connectivity index (χ3v) is 0.805. The van der Waals surface area contributed by atoms with E-state index < -0.39 is 0 Å². The Labute approximate surface area is 37.4 Å². The molecule has 32 valence electrons. The molecule has 6 heavy (non-hydrogen) atoms. The van der Waals surface area contributed by atoms with Gasteiger partial charge in [0.25, 0.3) is 0 Å². The first kappa shape index (κ1) is 3.59. The highest BCUT2D eigenvalue weighted by Gasteiger charge is 1.85. The van der Waals surface area contributed by atoms with Crippen molar-refractivity contribution in [2.45, 2.75) is 6.92 Å². The standard InChI is InChI=1S/C5H7N/c1-5-3-2-4-6-5/h2-3H,4H2,1H3. The van der Waals surface area contributed by atoms with Crippen LogP contribution < -0.4 is 0 Å².